The molecule has 0 aromatic carbocycles. The summed E-state index contributed by atoms with van der Waals surface area (Å²) in [6.45, 7) is 11.8. The van der Waals surface area contributed by atoms with Crippen molar-refractivity contribution in [3.05, 3.63) is 51.9 Å². The van der Waals surface area contributed by atoms with Gasteiger partial charge in [0.25, 0.3) is 5.56 Å². The van der Waals surface area contributed by atoms with Gasteiger partial charge in [0.15, 0.2) is 0 Å². The molecule has 0 radical (unpaired) electrons. The Balaban J connectivity index is 1.94. The van der Waals surface area contributed by atoms with Crippen molar-refractivity contribution in [2.24, 2.45) is 5.92 Å². The summed E-state index contributed by atoms with van der Waals surface area (Å²) in [5.74, 6) is 0.748. The van der Waals surface area contributed by atoms with Crippen LogP contribution in [0, 0.1) is 5.92 Å². The summed E-state index contributed by atoms with van der Waals surface area (Å²) >= 11 is 0. The zero-order valence-corrected chi connectivity index (χ0v) is 14.1. The van der Waals surface area contributed by atoms with Crippen molar-refractivity contribution < 1.29 is 0 Å². The normalized spacial score (nSPS) is 19.9. The number of nitrogens with zero attached hydrogens (tertiary/aromatic N) is 2. The van der Waals surface area contributed by atoms with E-state index in [1.54, 1.807) is 4.40 Å². The van der Waals surface area contributed by atoms with Gasteiger partial charge in [0.2, 0.25) is 0 Å². The summed E-state index contributed by atoms with van der Waals surface area (Å²) in [4.78, 5) is 15.1. The first kappa shape index (κ1) is 15.3. The summed E-state index contributed by atoms with van der Waals surface area (Å²) in [5.41, 5.74) is 3.36. The lowest BCUT2D eigenvalue weighted by molar-refractivity contribution is 0.319. The number of pyridine rings is 2. The lowest BCUT2D eigenvalue weighted by Gasteiger charge is -2.20. The smallest absolute Gasteiger partial charge is 0.259 e. The second kappa shape index (κ2) is 5.54. The molecular formula is C19H26N2O. The van der Waals surface area contributed by atoms with Crippen LogP contribution in [0.15, 0.2) is 35.3 Å². The molecule has 1 saturated heterocycles. The fourth-order valence-corrected chi connectivity index (χ4v) is 3.24. The van der Waals surface area contributed by atoms with Crippen LogP contribution in [-0.4, -0.2) is 22.4 Å². The Bertz CT molecular complexity index is 739. The van der Waals surface area contributed by atoms with E-state index in [2.05, 4.69) is 50.8 Å². The van der Waals surface area contributed by atoms with Crippen molar-refractivity contribution in [3.8, 4) is 0 Å². The van der Waals surface area contributed by atoms with Gasteiger partial charge in [0.05, 0.1) is 0 Å². The molecule has 118 valence electrons. The predicted octanol–water partition coefficient (Wildman–Crippen LogP) is 3.44. The molecule has 0 unspecified atom stereocenters. The molecular weight excluding hydrogens is 272 g/mol. The van der Waals surface area contributed by atoms with Gasteiger partial charge in [-0.05, 0) is 48.1 Å². The first-order valence-corrected chi connectivity index (χ1v) is 8.22. The van der Waals surface area contributed by atoms with Crippen LogP contribution in [0.4, 0.5) is 0 Å². The molecule has 2 aromatic rings. The predicted molar refractivity (Wildman–Crippen MR) is 91.4 cm³/mol. The maximum Gasteiger partial charge on any atom is 0.259 e. The van der Waals surface area contributed by atoms with Crippen molar-refractivity contribution in [1.82, 2.24) is 9.30 Å². The van der Waals surface area contributed by atoms with Gasteiger partial charge in [-0.1, -0.05) is 33.8 Å². The molecule has 1 fully saturated rings. The number of hydrogen-bond acceptors (Lipinski definition) is 2. The molecule has 0 spiro atoms. The fraction of sp³-hybridized carbons (Fsp3) is 0.526. The highest BCUT2D eigenvalue weighted by molar-refractivity contribution is 5.50. The first-order valence-electron chi connectivity index (χ1n) is 8.22. The molecule has 1 aliphatic rings. The van der Waals surface area contributed by atoms with E-state index in [0.717, 1.165) is 36.6 Å². The largest absolute Gasteiger partial charge is 0.299 e. The Morgan fingerprint density at radius 1 is 1.23 bits per heavy atom. The molecule has 22 heavy (non-hydrogen) atoms. The second-order valence-electron chi connectivity index (χ2n) is 7.75. The molecule has 0 bridgehead atoms. The van der Waals surface area contributed by atoms with Gasteiger partial charge in [0, 0.05) is 30.4 Å². The minimum Gasteiger partial charge on any atom is -0.299 e. The van der Waals surface area contributed by atoms with Gasteiger partial charge >= 0.3 is 0 Å². The molecule has 1 aliphatic heterocycles. The Labute approximate surface area is 132 Å². The van der Waals surface area contributed by atoms with E-state index in [-0.39, 0.29) is 11.0 Å². The van der Waals surface area contributed by atoms with Crippen LogP contribution in [0.5, 0.6) is 0 Å². The van der Waals surface area contributed by atoms with Crippen LogP contribution in [-0.2, 0) is 12.0 Å². The monoisotopic (exact) mass is 298 g/mol. The topological polar surface area (TPSA) is 24.7 Å². The Morgan fingerprint density at radius 3 is 2.64 bits per heavy atom. The van der Waals surface area contributed by atoms with E-state index in [0.29, 0.717) is 0 Å². The molecule has 0 amide bonds. The number of aromatic nitrogens is 1. The van der Waals surface area contributed by atoms with E-state index in [1.807, 2.05) is 12.3 Å². The molecule has 0 aliphatic carbocycles. The van der Waals surface area contributed by atoms with Crippen LogP contribution in [0.3, 0.4) is 0 Å². The van der Waals surface area contributed by atoms with Gasteiger partial charge in [0.1, 0.15) is 0 Å². The van der Waals surface area contributed by atoms with E-state index in [1.165, 1.54) is 12.0 Å². The minimum absolute atomic E-state index is 0.0994. The summed E-state index contributed by atoms with van der Waals surface area (Å²) in [5, 5.41) is 0. The lowest BCUT2D eigenvalue weighted by Crippen LogP contribution is -2.26. The van der Waals surface area contributed by atoms with Crippen LogP contribution in [0.2, 0.25) is 0 Å². The van der Waals surface area contributed by atoms with Crippen molar-refractivity contribution >= 4 is 5.52 Å². The summed E-state index contributed by atoms with van der Waals surface area (Å²) in [6.07, 6.45) is 3.16. The van der Waals surface area contributed by atoms with Crippen LogP contribution in [0.25, 0.3) is 5.52 Å². The summed E-state index contributed by atoms with van der Waals surface area (Å²) < 4.78 is 1.78. The van der Waals surface area contributed by atoms with Gasteiger partial charge in [-0.3, -0.25) is 14.1 Å². The average Bonchev–Trinajstić information content (AvgIpc) is 2.86. The Hall–Kier alpha value is -1.61. The highest BCUT2D eigenvalue weighted by Crippen LogP contribution is 2.23. The lowest BCUT2D eigenvalue weighted by atomic mass is 9.87. The third-order valence-electron chi connectivity index (χ3n) is 4.70. The van der Waals surface area contributed by atoms with Crippen molar-refractivity contribution in [3.63, 3.8) is 0 Å². The molecule has 3 rings (SSSR count). The van der Waals surface area contributed by atoms with E-state index >= 15 is 0 Å². The van der Waals surface area contributed by atoms with Crippen molar-refractivity contribution in [2.45, 2.75) is 46.1 Å². The third kappa shape index (κ3) is 2.95. The minimum atomic E-state index is 0.0994. The summed E-state index contributed by atoms with van der Waals surface area (Å²) in [6, 6.07) is 8.28. The third-order valence-corrected chi connectivity index (χ3v) is 4.70. The summed E-state index contributed by atoms with van der Waals surface area (Å²) in [7, 11) is 0. The van der Waals surface area contributed by atoms with Gasteiger partial charge in [-0.2, -0.15) is 0 Å². The van der Waals surface area contributed by atoms with Gasteiger partial charge < -0.3 is 0 Å². The Kier molecular flexibility index (Phi) is 3.85. The van der Waals surface area contributed by atoms with Crippen molar-refractivity contribution in [1.29, 1.82) is 0 Å². The number of hydrogen-bond donors (Lipinski definition) is 0. The molecule has 2 aromatic heterocycles. The molecule has 1 atom stereocenters. The van der Waals surface area contributed by atoms with E-state index < -0.39 is 0 Å². The standard InChI is InChI=1S/C19H26N2O/c1-14-7-9-20(12-14)13-15-5-6-17-11-16(19(2,3)4)8-10-21(17)18(15)22/h5-6,8,10-11,14H,7,9,12-13H2,1-4H3/t14-/m1/s1. The van der Waals surface area contributed by atoms with Crippen molar-refractivity contribution in [2.75, 3.05) is 13.1 Å². The SMILES string of the molecule is C[C@@H]1CCN(Cc2ccc3cc(C(C)(C)C)ccn3c2=O)C1. The van der Waals surface area contributed by atoms with Crippen LogP contribution in [0.1, 0.15) is 45.2 Å². The molecule has 3 nitrogen and oxygen atoms in total. The highest BCUT2D eigenvalue weighted by atomic mass is 16.1. The highest BCUT2D eigenvalue weighted by Gasteiger charge is 2.20. The van der Waals surface area contributed by atoms with E-state index in [4.69, 9.17) is 0 Å². The van der Waals surface area contributed by atoms with E-state index in [9.17, 15) is 4.79 Å². The van der Waals surface area contributed by atoms with Gasteiger partial charge in [-0.25, -0.2) is 0 Å². The maximum atomic E-state index is 12.7. The quantitative estimate of drug-likeness (QED) is 0.848. The van der Waals surface area contributed by atoms with Gasteiger partial charge in [-0.15, -0.1) is 0 Å². The number of fused-ring (bicyclic) bond motifs is 1. The number of likely N-dealkylation sites (tertiary alicyclic amines) is 1. The molecule has 3 heterocycles. The average molecular weight is 298 g/mol. The fourth-order valence-electron chi connectivity index (χ4n) is 3.24. The zero-order chi connectivity index (χ0) is 15.9. The Morgan fingerprint density at radius 2 is 2.00 bits per heavy atom. The molecule has 0 N–H and O–H groups in total. The zero-order valence-electron chi connectivity index (χ0n) is 14.1. The van der Waals surface area contributed by atoms with Crippen LogP contribution < -0.4 is 5.56 Å². The molecule has 3 heteroatoms. The maximum absolute atomic E-state index is 12.7. The first-order chi connectivity index (χ1) is 10.3. The molecule has 0 saturated carbocycles. The number of rotatable bonds is 2. The van der Waals surface area contributed by atoms with Crippen LogP contribution >= 0.6 is 0 Å². The second-order valence-corrected chi connectivity index (χ2v) is 7.75.